The van der Waals surface area contributed by atoms with Crippen molar-refractivity contribution >= 4 is 41.3 Å². The summed E-state index contributed by atoms with van der Waals surface area (Å²) in [6.07, 6.45) is 0. The Morgan fingerprint density at radius 3 is 2.54 bits per heavy atom. The summed E-state index contributed by atoms with van der Waals surface area (Å²) in [5, 5.41) is 17.4. The van der Waals surface area contributed by atoms with Gasteiger partial charge in [-0.1, -0.05) is 30.3 Å². The molecule has 0 aliphatic heterocycles. The van der Waals surface area contributed by atoms with Crippen molar-refractivity contribution in [3.05, 3.63) is 64.2 Å². The number of hydrogen-bond acceptors (Lipinski definition) is 5. The summed E-state index contributed by atoms with van der Waals surface area (Å²) in [7, 11) is 5.31. The molecule has 0 unspecified atom stereocenters. The number of benzene rings is 2. The third-order valence-corrected chi connectivity index (χ3v) is 4.00. The molecule has 0 aliphatic carbocycles. The molecule has 2 aromatic carbocycles. The molecule has 0 aliphatic rings. The van der Waals surface area contributed by atoms with Crippen LogP contribution in [0, 0.1) is 10.1 Å². The lowest BCUT2D eigenvalue weighted by molar-refractivity contribution is -0.384. The van der Waals surface area contributed by atoms with E-state index in [9.17, 15) is 10.1 Å². The van der Waals surface area contributed by atoms with Gasteiger partial charge in [0.25, 0.3) is 5.69 Å². The number of anilines is 1. The number of hydrogen-bond donors (Lipinski definition) is 2. The molecule has 0 amide bonds. The maximum absolute atomic E-state index is 11.0. The van der Waals surface area contributed by atoms with Gasteiger partial charge < -0.3 is 20.3 Å². The van der Waals surface area contributed by atoms with E-state index in [2.05, 4.69) is 15.6 Å². The minimum atomic E-state index is -0.393. The number of halogens is 1. The Morgan fingerprint density at radius 2 is 1.86 bits per heavy atom. The van der Waals surface area contributed by atoms with Crippen molar-refractivity contribution in [3.63, 3.8) is 0 Å². The van der Waals surface area contributed by atoms with Crippen molar-refractivity contribution in [2.45, 2.75) is 6.54 Å². The molecule has 0 atom stereocenters. The van der Waals surface area contributed by atoms with E-state index in [1.807, 2.05) is 36.2 Å². The van der Waals surface area contributed by atoms with E-state index in [-0.39, 0.29) is 29.7 Å². The zero-order valence-electron chi connectivity index (χ0n) is 16.2. The number of nitrogens with zero attached hydrogens (tertiary/aromatic N) is 3. The Labute approximate surface area is 182 Å². The molecular formula is C19H26IN5O3. The number of guanidine groups is 1. The number of aliphatic imine (C=N–C) groups is 1. The van der Waals surface area contributed by atoms with Crippen molar-refractivity contribution in [2.75, 3.05) is 39.6 Å². The van der Waals surface area contributed by atoms with Crippen LogP contribution in [0.5, 0.6) is 5.75 Å². The van der Waals surface area contributed by atoms with Gasteiger partial charge in [-0.15, -0.1) is 24.0 Å². The Balaban J connectivity index is 0.00000392. The number of para-hydroxylation sites is 3. The highest BCUT2D eigenvalue weighted by Crippen LogP contribution is 2.22. The van der Waals surface area contributed by atoms with Crippen LogP contribution in [-0.2, 0) is 6.54 Å². The molecule has 0 bridgehead atoms. The summed E-state index contributed by atoms with van der Waals surface area (Å²) in [6.45, 7) is 1.72. The van der Waals surface area contributed by atoms with Crippen molar-refractivity contribution in [1.29, 1.82) is 0 Å². The first-order valence-electron chi connectivity index (χ1n) is 8.57. The van der Waals surface area contributed by atoms with Gasteiger partial charge >= 0.3 is 0 Å². The highest BCUT2D eigenvalue weighted by Gasteiger charge is 2.12. The van der Waals surface area contributed by atoms with Gasteiger partial charge in [0.2, 0.25) is 0 Å². The largest absolute Gasteiger partial charge is 0.496 e. The van der Waals surface area contributed by atoms with Gasteiger partial charge in [0.05, 0.1) is 12.0 Å². The number of ether oxygens (including phenoxy) is 1. The average Bonchev–Trinajstić information content (AvgIpc) is 2.68. The Kier molecular flexibility index (Phi) is 10.1. The Hall–Kier alpha value is -2.56. The van der Waals surface area contributed by atoms with Crippen LogP contribution in [0.1, 0.15) is 5.56 Å². The molecule has 0 spiro atoms. The summed E-state index contributed by atoms with van der Waals surface area (Å²) in [4.78, 5) is 16.9. The fourth-order valence-corrected chi connectivity index (χ4v) is 2.70. The normalized spacial score (nSPS) is 10.6. The lowest BCUT2D eigenvalue weighted by atomic mass is 10.2. The zero-order valence-corrected chi connectivity index (χ0v) is 18.5. The molecule has 0 radical (unpaired) electrons. The first-order valence-corrected chi connectivity index (χ1v) is 8.57. The van der Waals surface area contributed by atoms with E-state index in [0.29, 0.717) is 25.3 Å². The second-order valence-electron chi connectivity index (χ2n) is 5.84. The van der Waals surface area contributed by atoms with Crippen LogP contribution >= 0.6 is 24.0 Å². The number of rotatable bonds is 8. The van der Waals surface area contributed by atoms with Crippen LogP contribution < -0.4 is 15.4 Å². The van der Waals surface area contributed by atoms with Crippen molar-refractivity contribution in [3.8, 4) is 5.75 Å². The predicted octanol–water partition coefficient (Wildman–Crippen LogP) is 3.34. The standard InChI is InChI=1S/C19H25N5O3.HI/c1-20-19(23(2)14-15-8-4-7-11-18(15)27-3)22-13-12-21-16-9-5-6-10-17(16)24(25)26;/h4-11,21H,12-14H2,1-3H3,(H,20,22);1H. The number of nitro groups is 1. The molecule has 28 heavy (non-hydrogen) atoms. The van der Waals surface area contributed by atoms with Gasteiger partial charge in [0, 0.05) is 45.4 Å². The molecule has 2 N–H and O–H groups in total. The van der Waals surface area contributed by atoms with E-state index in [4.69, 9.17) is 4.74 Å². The summed E-state index contributed by atoms with van der Waals surface area (Å²) < 4.78 is 5.39. The molecule has 152 valence electrons. The summed E-state index contributed by atoms with van der Waals surface area (Å²) >= 11 is 0. The predicted molar refractivity (Wildman–Crippen MR) is 123 cm³/mol. The van der Waals surface area contributed by atoms with Crippen LogP contribution in [0.4, 0.5) is 11.4 Å². The van der Waals surface area contributed by atoms with Gasteiger partial charge in [-0.3, -0.25) is 15.1 Å². The quantitative estimate of drug-likeness (QED) is 0.145. The van der Waals surface area contributed by atoms with Gasteiger partial charge in [-0.2, -0.15) is 0 Å². The van der Waals surface area contributed by atoms with E-state index < -0.39 is 4.92 Å². The van der Waals surface area contributed by atoms with Crippen LogP contribution in [-0.4, -0.2) is 50.1 Å². The van der Waals surface area contributed by atoms with Crippen LogP contribution in [0.25, 0.3) is 0 Å². The van der Waals surface area contributed by atoms with E-state index in [1.165, 1.54) is 6.07 Å². The smallest absolute Gasteiger partial charge is 0.292 e. The van der Waals surface area contributed by atoms with Crippen LogP contribution in [0.15, 0.2) is 53.5 Å². The third kappa shape index (κ3) is 6.55. The van der Waals surface area contributed by atoms with Crippen molar-refractivity contribution < 1.29 is 9.66 Å². The fraction of sp³-hybridized carbons (Fsp3) is 0.316. The van der Waals surface area contributed by atoms with E-state index >= 15 is 0 Å². The SMILES string of the molecule is CN=C(NCCNc1ccccc1[N+](=O)[O-])N(C)Cc1ccccc1OC.I. The average molecular weight is 499 g/mol. The Bertz CT molecular complexity index is 801. The molecule has 2 aromatic rings. The van der Waals surface area contributed by atoms with Gasteiger partial charge in [0.15, 0.2) is 5.96 Å². The molecule has 9 heteroatoms. The maximum atomic E-state index is 11.0. The minimum absolute atomic E-state index is 0. The van der Waals surface area contributed by atoms with Crippen LogP contribution in [0.2, 0.25) is 0 Å². The summed E-state index contributed by atoms with van der Waals surface area (Å²) in [6, 6.07) is 14.4. The first-order chi connectivity index (χ1) is 13.1. The second kappa shape index (κ2) is 12.0. The zero-order chi connectivity index (χ0) is 19.6. The van der Waals surface area contributed by atoms with E-state index in [1.54, 1.807) is 32.4 Å². The van der Waals surface area contributed by atoms with Crippen LogP contribution in [0.3, 0.4) is 0 Å². The summed E-state index contributed by atoms with van der Waals surface area (Å²) in [5.74, 6) is 1.56. The molecule has 0 saturated heterocycles. The van der Waals surface area contributed by atoms with Gasteiger partial charge in [0.1, 0.15) is 11.4 Å². The third-order valence-electron chi connectivity index (χ3n) is 4.00. The van der Waals surface area contributed by atoms with Crippen molar-refractivity contribution in [1.82, 2.24) is 10.2 Å². The highest BCUT2D eigenvalue weighted by atomic mass is 127. The molecular weight excluding hydrogens is 473 g/mol. The first kappa shape index (κ1) is 23.5. The van der Waals surface area contributed by atoms with Gasteiger partial charge in [-0.05, 0) is 12.1 Å². The fourth-order valence-electron chi connectivity index (χ4n) is 2.70. The monoisotopic (exact) mass is 499 g/mol. The molecule has 0 heterocycles. The molecule has 0 aromatic heterocycles. The van der Waals surface area contributed by atoms with Crippen molar-refractivity contribution in [2.24, 2.45) is 4.99 Å². The maximum Gasteiger partial charge on any atom is 0.292 e. The molecule has 8 nitrogen and oxygen atoms in total. The Morgan fingerprint density at radius 1 is 1.18 bits per heavy atom. The lowest BCUT2D eigenvalue weighted by Gasteiger charge is -2.23. The minimum Gasteiger partial charge on any atom is -0.496 e. The molecule has 0 saturated carbocycles. The molecule has 0 fully saturated rings. The van der Waals surface area contributed by atoms with E-state index in [0.717, 1.165) is 17.3 Å². The summed E-state index contributed by atoms with van der Waals surface area (Å²) in [5.41, 5.74) is 1.63. The second-order valence-corrected chi connectivity index (χ2v) is 5.84. The highest BCUT2D eigenvalue weighted by molar-refractivity contribution is 14.0. The molecule has 2 rings (SSSR count). The topological polar surface area (TPSA) is 92.0 Å². The number of nitrogens with one attached hydrogen (secondary N) is 2. The number of methoxy groups -OCH3 is 1. The number of nitro benzene ring substituents is 1. The lowest BCUT2D eigenvalue weighted by Crippen LogP contribution is -2.40. The van der Waals surface area contributed by atoms with Gasteiger partial charge in [-0.25, -0.2) is 0 Å².